The number of hydrogen-bond donors (Lipinski definition) is 1. The van der Waals surface area contributed by atoms with E-state index in [0.717, 1.165) is 44.2 Å². The highest BCUT2D eigenvalue weighted by atomic mass is 16.5. The lowest BCUT2D eigenvalue weighted by atomic mass is 9.87. The average Bonchev–Trinajstić information content (AvgIpc) is 2.94. The van der Waals surface area contributed by atoms with Crippen LogP contribution < -0.4 is 10.5 Å². The summed E-state index contributed by atoms with van der Waals surface area (Å²) < 4.78 is 5.56. The number of rotatable bonds is 4. The Kier molecular flexibility index (Phi) is 4.27. The normalized spacial score (nSPS) is 26.3. The molecule has 1 saturated heterocycles. The molecule has 20 heavy (non-hydrogen) atoms. The molecule has 2 aliphatic heterocycles. The predicted octanol–water partition coefficient (Wildman–Crippen LogP) is 2.08. The second-order valence-electron chi connectivity index (χ2n) is 6.35. The van der Waals surface area contributed by atoms with Gasteiger partial charge in [0.15, 0.2) is 0 Å². The molecule has 2 aliphatic rings. The maximum atomic E-state index is 5.88. The second-order valence-corrected chi connectivity index (χ2v) is 6.35. The summed E-state index contributed by atoms with van der Waals surface area (Å²) in [5.74, 6) is 2.55. The molecule has 110 valence electrons. The van der Waals surface area contributed by atoms with E-state index in [2.05, 4.69) is 30.0 Å². The van der Waals surface area contributed by atoms with Crippen LogP contribution in [0.5, 0.6) is 5.75 Å². The number of benzene rings is 1. The summed E-state index contributed by atoms with van der Waals surface area (Å²) in [5.41, 5.74) is 8.71. The molecule has 3 heteroatoms. The number of fused-ring (bicyclic) bond motifs is 1. The SMILES string of the molecule is CC1CCN(CCc2ccc3c(c2)CCO3)CC1CN. The molecular formula is C17H26N2O. The molecule has 2 unspecified atom stereocenters. The van der Waals surface area contributed by atoms with E-state index in [0.29, 0.717) is 5.92 Å². The van der Waals surface area contributed by atoms with Crippen molar-refractivity contribution in [3.05, 3.63) is 29.3 Å². The summed E-state index contributed by atoms with van der Waals surface area (Å²) in [4.78, 5) is 2.58. The van der Waals surface area contributed by atoms with Crippen molar-refractivity contribution in [1.29, 1.82) is 0 Å². The molecule has 3 rings (SSSR count). The third-order valence-electron chi connectivity index (χ3n) is 4.97. The van der Waals surface area contributed by atoms with Crippen LogP contribution in [-0.2, 0) is 12.8 Å². The fourth-order valence-corrected chi connectivity index (χ4v) is 3.42. The van der Waals surface area contributed by atoms with Gasteiger partial charge in [-0.25, -0.2) is 0 Å². The lowest BCUT2D eigenvalue weighted by Gasteiger charge is -2.36. The van der Waals surface area contributed by atoms with Gasteiger partial charge in [0.2, 0.25) is 0 Å². The summed E-state index contributed by atoms with van der Waals surface area (Å²) in [6, 6.07) is 6.69. The van der Waals surface area contributed by atoms with Crippen molar-refractivity contribution in [2.75, 3.05) is 32.8 Å². The fraction of sp³-hybridized carbons (Fsp3) is 0.647. The predicted molar refractivity (Wildman–Crippen MR) is 82.1 cm³/mol. The Balaban J connectivity index is 1.54. The van der Waals surface area contributed by atoms with Crippen molar-refractivity contribution in [3.63, 3.8) is 0 Å². The van der Waals surface area contributed by atoms with Crippen molar-refractivity contribution in [2.24, 2.45) is 17.6 Å². The van der Waals surface area contributed by atoms with E-state index < -0.39 is 0 Å². The van der Waals surface area contributed by atoms with E-state index in [1.165, 1.54) is 30.6 Å². The minimum Gasteiger partial charge on any atom is -0.493 e. The van der Waals surface area contributed by atoms with E-state index >= 15 is 0 Å². The topological polar surface area (TPSA) is 38.5 Å². The Hall–Kier alpha value is -1.06. The zero-order valence-corrected chi connectivity index (χ0v) is 12.5. The number of piperidine rings is 1. The molecule has 2 N–H and O–H groups in total. The standard InChI is InChI=1S/C17H26N2O/c1-13-4-7-19(12-16(13)11-18)8-5-14-2-3-17-15(10-14)6-9-20-17/h2-3,10,13,16H,4-9,11-12,18H2,1H3. The van der Waals surface area contributed by atoms with Gasteiger partial charge in [0.25, 0.3) is 0 Å². The van der Waals surface area contributed by atoms with E-state index in [1.54, 1.807) is 0 Å². The number of hydrogen-bond acceptors (Lipinski definition) is 3. The molecule has 1 aromatic rings. The number of likely N-dealkylation sites (tertiary alicyclic amines) is 1. The minimum absolute atomic E-state index is 0.678. The van der Waals surface area contributed by atoms with Gasteiger partial charge in [-0.15, -0.1) is 0 Å². The highest BCUT2D eigenvalue weighted by molar-refractivity contribution is 5.39. The van der Waals surface area contributed by atoms with Gasteiger partial charge in [-0.05, 0) is 55.0 Å². The first-order chi connectivity index (χ1) is 9.76. The molecule has 2 heterocycles. The molecule has 0 amide bonds. The van der Waals surface area contributed by atoms with E-state index in [9.17, 15) is 0 Å². The van der Waals surface area contributed by atoms with Crippen molar-refractivity contribution >= 4 is 0 Å². The highest BCUT2D eigenvalue weighted by Gasteiger charge is 2.24. The molecule has 0 saturated carbocycles. The van der Waals surface area contributed by atoms with Crippen LogP contribution in [0.1, 0.15) is 24.5 Å². The molecule has 0 spiro atoms. The van der Waals surface area contributed by atoms with Crippen LogP contribution in [0, 0.1) is 11.8 Å². The van der Waals surface area contributed by atoms with Crippen LogP contribution in [0.25, 0.3) is 0 Å². The number of nitrogens with two attached hydrogens (primary N) is 1. The van der Waals surface area contributed by atoms with Crippen LogP contribution >= 0.6 is 0 Å². The largest absolute Gasteiger partial charge is 0.493 e. The smallest absolute Gasteiger partial charge is 0.122 e. The van der Waals surface area contributed by atoms with Crippen LogP contribution in [0.4, 0.5) is 0 Å². The van der Waals surface area contributed by atoms with Gasteiger partial charge < -0.3 is 15.4 Å². The lowest BCUT2D eigenvalue weighted by Crippen LogP contribution is -2.43. The maximum absolute atomic E-state index is 5.88. The third-order valence-corrected chi connectivity index (χ3v) is 4.97. The minimum atomic E-state index is 0.678. The Labute approximate surface area is 122 Å². The van der Waals surface area contributed by atoms with Gasteiger partial charge in [-0.1, -0.05) is 19.1 Å². The third kappa shape index (κ3) is 2.99. The summed E-state index contributed by atoms with van der Waals surface area (Å²) in [6.45, 7) is 7.57. The van der Waals surface area contributed by atoms with E-state index in [-0.39, 0.29) is 0 Å². The first kappa shape index (κ1) is 13.9. The van der Waals surface area contributed by atoms with Crippen LogP contribution in [0.15, 0.2) is 18.2 Å². The van der Waals surface area contributed by atoms with Crippen LogP contribution in [-0.4, -0.2) is 37.7 Å². The van der Waals surface area contributed by atoms with Gasteiger partial charge in [0.1, 0.15) is 5.75 Å². The van der Waals surface area contributed by atoms with Crippen LogP contribution in [0.2, 0.25) is 0 Å². The molecule has 0 aliphatic carbocycles. The summed E-state index contributed by atoms with van der Waals surface area (Å²) >= 11 is 0. The van der Waals surface area contributed by atoms with Gasteiger partial charge >= 0.3 is 0 Å². The Morgan fingerprint density at radius 3 is 3.15 bits per heavy atom. The van der Waals surface area contributed by atoms with Crippen molar-refractivity contribution < 1.29 is 4.74 Å². The van der Waals surface area contributed by atoms with E-state index in [1.807, 2.05) is 0 Å². The molecule has 0 radical (unpaired) electrons. The van der Waals surface area contributed by atoms with Crippen molar-refractivity contribution in [3.8, 4) is 5.75 Å². The summed E-state index contributed by atoms with van der Waals surface area (Å²) in [7, 11) is 0. The fourth-order valence-electron chi connectivity index (χ4n) is 3.42. The maximum Gasteiger partial charge on any atom is 0.122 e. The molecule has 2 atom stereocenters. The summed E-state index contributed by atoms with van der Waals surface area (Å²) in [6.07, 6.45) is 3.50. The zero-order valence-electron chi connectivity index (χ0n) is 12.5. The monoisotopic (exact) mass is 274 g/mol. The first-order valence-electron chi connectivity index (χ1n) is 7.93. The average molecular weight is 274 g/mol. The Bertz CT molecular complexity index is 460. The molecule has 1 aromatic carbocycles. The Morgan fingerprint density at radius 2 is 2.30 bits per heavy atom. The van der Waals surface area contributed by atoms with Crippen molar-refractivity contribution in [2.45, 2.75) is 26.2 Å². The molecule has 3 nitrogen and oxygen atoms in total. The highest BCUT2D eigenvalue weighted by Crippen LogP contribution is 2.26. The quantitative estimate of drug-likeness (QED) is 0.913. The zero-order chi connectivity index (χ0) is 13.9. The molecule has 1 fully saturated rings. The number of ether oxygens (including phenoxy) is 1. The van der Waals surface area contributed by atoms with Gasteiger partial charge in [0.05, 0.1) is 6.61 Å². The lowest BCUT2D eigenvalue weighted by molar-refractivity contribution is 0.133. The van der Waals surface area contributed by atoms with Gasteiger partial charge in [0, 0.05) is 19.5 Å². The van der Waals surface area contributed by atoms with Gasteiger partial charge in [-0.2, -0.15) is 0 Å². The first-order valence-corrected chi connectivity index (χ1v) is 7.93. The molecule has 0 aromatic heterocycles. The second kappa shape index (κ2) is 6.15. The number of nitrogens with zero attached hydrogens (tertiary/aromatic N) is 1. The van der Waals surface area contributed by atoms with Crippen LogP contribution in [0.3, 0.4) is 0 Å². The van der Waals surface area contributed by atoms with Gasteiger partial charge in [-0.3, -0.25) is 0 Å². The Morgan fingerprint density at radius 1 is 1.40 bits per heavy atom. The van der Waals surface area contributed by atoms with Crippen molar-refractivity contribution in [1.82, 2.24) is 4.90 Å². The molecular weight excluding hydrogens is 248 g/mol. The van der Waals surface area contributed by atoms with E-state index in [4.69, 9.17) is 10.5 Å². The summed E-state index contributed by atoms with van der Waals surface area (Å²) in [5, 5.41) is 0. The molecule has 0 bridgehead atoms.